The van der Waals surface area contributed by atoms with E-state index in [4.69, 9.17) is 0 Å². The van der Waals surface area contributed by atoms with E-state index >= 15 is 0 Å². The van der Waals surface area contributed by atoms with E-state index in [2.05, 4.69) is 10.4 Å². The molecule has 2 atom stereocenters. The van der Waals surface area contributed by atoms with Gasteiger partial charge in [-0.2, -0.15) is 5.10 Å². The molecule has 0 radical (unpaired) electrons. The summed E-state index contributed by atoms with van der Waals surface area (Å²) in [5.74, 6) is 0.00605. The number of rotatable bonds is 5. The summed E-state index contributed by atoms with van der Waals surface area (Å²) in [6.07, 6.45) is 0.994. The number of aromatic nitrogens is 2. The van der Waals surface area contributed by atoms with Crippen molar-refractivity contribution in [3.8, 4) is 0 Å². The van der Waals surface area contributed by atoms with Gasteiger partial charge in [-0.25, -0.2) is 8.78 Å². The van der Waals surface area contributed by atoms with Gasteiger partial charge >= 0.3 is 0 Å². The van der Waals surface area contributed by atoms with Gasteiger partial charge in [-0.1, -0.05) is 6.42 Å². The summed E-state index contributed by atoms with van der Waals surface area (Å²) in [5.41, 5.74) is 0.232. The van der Waals surface area contributed by atoms with Crippen molar-refractivity contribution in [1.29, 1.82) is 0 Å². The van der Waals surface area contributed by atoms with Crippen molar-refractivity contribution in [2.75, 3.05) is 6.61 Å². The van der Waals surface area contributed by atoms with Crippen molar-refractivity contribution in [2.45, 2.75) is 51.6 Å². The molecule has 0 aromatic carbocycles. The molecular formula is C14H21F2N3O2. The fraction of sp³-hybridized carbons (Fsp3) is 0.714. The zero-order valence-corrected chi connectivity index (χ0v) is 12.1. The van der Waals surface area contributed by atoms with Crippen LogP contribution in [0, 0.1) is 12.8 Å². The minimum Gasteiger partial charge on any atom is -0.396 e. The van der Waals surface area contributed by atoms with Gasteiger partial charge in [-0.15, -0.1) is 0 Å². The first-order valence-corrected chi connectivity index (χ1v) is 7.22. The molecular weight excluding hydrogens is 280 g/mol. The maximum absolute atomic E-state index is 12.6. The fourth-order valence-electron chi connectivity index (χ4n) is 2.80. The number of hydrogen-bond acceptors (Lipinski definition) is 3. The highest BCUT2D eigenvalue weighted by atomic mass is 19.3. The molecule has 0 aliphatic heterocycles. The largest absolute Gasteiger partial charge is 0.396 e. The number of aryl methyl sites for hydroxylation is 1. The van der Waals surface area contributed by atoms with E-state index in [1.165, 1.54) is 10.7 Å². The molecule has 1 aliphatic carbocycles. The Kier molecular flexibility index (Phi) is 5.27. The summed E-state index contributed by atoms with van der Waals surface area (Å²) in [4.78, 5) is 12.0. The zero-order chi connectivity index (χ0) is 15.4. The number of nitrogens with zero attached hydrogens (tertiary/aromatic N) is 2. The van der Waals surface area contributed by atoms with Gasteiger partial charge in [0.15, 0.2) is 0 Å². The maximum atomic E-state index is 12.6. The Hall–Kier alpha value is -1.50. The van der Waals surface area contributed by atoms with E-state index in [1.54, 1.807) is 6.92 Å². The van der Waals surface area contributed by atoms with Crippen LogP contribution in [-0.4, -0.2) is 33.4 Å². The standard InChI is InChI=1S/C14H21F2N3O2/c1-9-5-12(14(15)16)18-19(9)7-13(21)17-11-4-2-3-10(6-11)8-20/h5,10-11,14,20H,2-4,6-8H2,1H3,(H,17,21)/t10-,11-/m1/s1. The van der Waals surface area contributed by atoms with Gasteiger partial charge in [0.2, 0.25) is 5.91 Å². The van der Waals surface area contributed by atoms with Crippen LogP contribution in [0.4, 0.5) is 8.78 Å². The summed E-state index contributed by atoms with van der Waals surface area (Å²) in [7, 11) is 0. The average Bonchev–Trinajstić information content (AvgIpc) is 2.80. The molecule has 1 saturated carbocycles. The molecule has 0 bridgehead atoms. The van der Waals surface area contributed by atoms with Crippen LogP contribution in [0.2, 0.25) is 0 Å². The van der Waals surface area contributed by atoms with Crippen molar-refractivity contribution in [1.82, 2.24) is 15.1 Å². The lowest BCUT2D eigenvalue weighted by Crippen LogP contribution is -2.40. The van der Waals surface area contributed by atoms with Crippen molar-refractivity contribution >= 4 is 5.91 Å². The van der Waals surface area contributed by atoms with E-state index in [9.17, 15) is 18.7 Å². The summed E-state index contributed by atoms with van der Waals surface area (Å²) >= 11 is 0. The highest BCUT2D eigenvalue weighted by Crippen LogP contribution is 2.23. The van der Waals surface area contributed by atoms with Gasteiger partial charge in [-0.3, -0.25) is 9.48 Å². The monoisotopic (exact) mass is 301 g/mol. The lowest BCUT2D eigenvalue weighted by atomic mass is 9.86. The zero-order valence-electron chi connectivity index (χ0n) is 12.1. The average molecular weight is 301 g/mol. The Bertz CT molecular complexity index is 491. The number of aliphatic hydroxyl groups excluding tert-OH is 1. The Morgan fingerprint density at radius 2 is 2.33 bits per heavy atom. The molecule has 0 unspecified atom stereocenters. The Morgan fingerprint density at radius 3 is 2.95 bits per heavy atom. The van der Waals surface area contributed by atoms with E-state index in [0.29, 0.717) is 5.69 Å². The molecule has 1 aromatic heterocycles. The van der Waals surface area contributed by atoms with Crippen LogP contribution in [-0.2, 0) is 11.3 Å². The van der Waals surface area contributed by atoms with Crippen LogP contribution >= 0.6 is 0 Å². The molecule has 7 heteroatoms. The first-order valence-electron chi connectivity index (χ1n) is 7.22. The molecule has 0 spiro atoms. The summed E-state index contributed by atoms with van der Waals surface area (Å²) in [6, 6.07) is 1.34. The topological polar surface area (TPSA) is 67.2 Å². The molecule has 118 valence electrons. The fourth-order valence-corrected chi connectivity index (χ4v) is 2.80. The first-order chi connectivity index (χ1) is 9.99. The normalized spacial score (nSPS) is 22.5. The quantitative estimate of drug-likeness (QED) is 0.871. The minimum absolute atomic E-state index is 0.0498. The number of nitrogens with one attached hydrogen (secondary N) is 1. The Morgan fingerprint density at radius 1 is 1.57 bits per heavy atom. The molecule has 1 heterocycles. The van der Waals surface area contributed by atoms with E-state index < -0.39 is 6.43 Å². The Labute approximate surface area is 122 Å². The molecule has 1 aromatic rings. The van der Waals surface area contributed by atoms with Crippen molar-refractivity contribution in [3.05, 3.63) is 17.5 Å². The molecule has 2 rings (SSSR count). The van der Waals surface area contributed by atoms with Crippen LogP contribution in [0.5, 0.6) is 0 Å². The second-order valence-corrected chi connectivity index (χ2v) is 5.65. The highest BCUT2D eigenvalue weighted by Gasteiger charge is 2.23. The molecule has 1 aliphatic rings. The van der Waals surface area contributed by atoms with E-state index in [0.717, 1.165) is 25.7 Å². The van der Waals surface area contributed by atoms with Crippen LogP contribution in [0.1, 0.15) is 43.5 Å². The molecule has 2 N–H and O–H groups in total. The van der Waals surface area contributed by atoms with Crippen molar-refractivity contribution in [3.63, 3.8) is 0 Å². The van der Waals surface area contributed by atoms with Gasteiger partial charge in [0.1, 0.15) is 12.2 Å². The van der Waals surface area contributed by atoms with Gasteiger partial charge in [0.05, 0.1) is 0 Å². The Balaban J connectivity index is 1.89. The van der Waals surface area contributed by atoms with Crippen LogP contribution in [0.25, 0.3) is 0 Å². The number of carbonyl (C=O) groups excluding carboxylic acids is 1. The number of carbonyl (C=O) groups is 1. The SMILES string of the molecule is Cc1cc(C(F)F)nn1CC(=O)N[C@@H]1CCC[C@@H](CO)C1. The predicted octanol–water partition coefficient (Wildman–Crippen LogP) is 1.80. The van der Waals surface area contributed by atoms with Crippen molar-refractivity contribution < 1.29 is 18.7 Å². The first kappa shape index (κ1) is 15.9. The molecule has 21 heavy (non-hydrogen) atoms. The number of aliphatic hydroxyl groups is 1. The van der Waals surface area contributed by atoms with Crippen LogP contribution in [0.15, 0.2) is 6.07 Å². The third-order valence-corrected chi connectivity index (χ3v) is 3.92. The predicted molar refractivity (Wildman–Crippen MR) is 72.9 cm³/mol. The van der Waals surface area contributed by atoms with Gasteiger partial charge in [0, 0.05) is 18.3 Å². The number of halogens is 2. The number of hydrogen-bond donors (Lipinski definition) is 2. The summed E-state index contributed by atoms with van der Waals surface area (Å²) < 4.78 is 26.4. The molecule has 1 fully saturated rings. The summed E-state index contributed by atoms with van der Waals surface area (Å²) in [6.45, 7) is 1.73. The summed E-state index contributed by atoms with van der Waals surface area (Å²) in [5, 5.41) is 15.8. The third kappa shape index (κ3) is 4.23. The number of alkyl halides is 2. The lowest BCUT2D eigenvalue weighted by molar-refractivity contribution is -0.123. The minimum atomic E-state index is -2.63. The second-order valence-electron chi connectivity index (χ2n) is 5.65. The number of amides is 1. The third-order valence-electron chi connectivity index (χ3n) is 3.92. The highest BCUT2D eigenvalue weighted by molar-refractivity contribution is 5.76. The van der Waals surface area contributed by atoms with E-state index in [1.807, 2.05) is 0 Å². The molecule has 5 nitrogen and oxygen atoms in total. The van der Waals surface area contributed by atoms with Gasteiger partial charge in [0.25, 0.3) is 6.43 Å². The van der Waals surface area contributed by atoms with Gasteiger partial charge in [-0.05, 0) is 38.2 Å². The van der Waals surface area contributed by atoms with Crippen LogP contribution in [0.3, 0.4) is 0 Å². The molecule has 0 saturated heterocycles. The lowest BCUT2D eigenvalue weighted by Gasteiger charge is -2.28. The second kappa shape index (κ2) is 6.98. The van der Waals surface area contributed by atoms with Gasteiger partial charge < -0.3 is 10.4 Å². The smallest absolute Gasteiger partial charge is 0.282 e. The molecule has 1 amide bonds. The van der Waals surface area contributed by atoms with Crippen molar-refractivity contribution in [2.24, 2.45) is 5.92 Å². The van der Waals surface area contributed by atoms with Crippen LogP contribution < -0.4 is 5.32 Å². The van der Waals surface area contributed by atoms with E-state index in [-0.39, 0.29) is 36.7 Å². The maximum Gasteiger partial charge on any atom is 0.282 e.